The van der Waals surface area contributed by atoms with Gasteiger partial charge in [0.25, 0.3) is 0 Å². The van der Waals surface area contributed by atoms with Crippen molar-refractivity contribution >= 4 is 5.97 Å². The summed E-state index contributed by atoms with van der Waals surface area (Å²) in [4.78, 5) is 9.64. The standard InChI is InChI=1S/C6H8O2.C2H6O2.K/c1-2-3-4-5-6(7)8;3-1-2-4;/h2-5H,1H3,(H,7,8);3-4H,1-2H2;/q;;+1/p-1/b3-2+,5-4+;;. The molecule has 5 heteroatoms. The molecule has 0 unspecified atom stereocenters. The van der Waals surface area contributed by atoms with E-state index in [4.69, 9.17) is 10.2 Å². The molecule has 0 rings (SSSR count). The number of carbonyl (C=O) groups is 1. The Hall–Kier alpha value is 0.506. The fraction of sp³-hybridized carbons (Fsp3) is 0.375. The SMILES string of the molecule is C/C=C/C=C/C(=O)[O-].OCCO.[K+]. The smallest absolute Gasteiger partial charge is 0.545 e. The van der Waals surface area contributed by atoms with Gasteiger partial charge >= 0.3 is 51.4 Å². The zero-order chi connectivity index (χ0) is 9.82. The van der Waals surface area contributed by atoms with Crippen molar-refractivity contribution < 1.29 is 71.5 Å². The van der Waals surface area contributed by atoms with E-state index in [0.29, 0.717) is 0 Å². The maximum absolute atomic E-state index is 9.64. The van der Waals surface area contributed by atoms with E-state index in [1.165, 1.54) is 6.08 Å². The molecule has 0 aliphatic carbocycles. The van der Waals surface area contributed by atoms with Crippen molar-refractivity contribution in [2.24, 2.45) is 0 Å². The summed E-state index contributed by atoms with van der Waals surface area (Å²) in [6.07, 6.45) is 5.74. The van der Waals surface area contributed by atoms with Crippen molar-refractivity contribution in [3.05, 3.63) is 24.3 Å². The molecule has 0 aliphatic heterocycles. The Morgan fingerprint density at radius 3 is 2.00 bits per heavy atom. The van der Waals surface area contributed by atoms with Gasteiger partial charge in [-0.05, 0) is 13.0 Å². The summed E-state index contributed by atoms with van der Waals surface area (Å²) in [5.41, 5.74) is 0. The predicted molar refractivity (Wildman–Crippen MR) is 43.1 cm³/mol. The minimum absolute atomic E-state index is 0. The summed E-state index contributed by atoms with van der Waals surface area (Å²) >= 11 is 0. The number of hydrogen-bond donors (Lipinski definition) is 2. The van der Waals surface area contributed by atoms with Crippen LogP contribution >= 0.6 is 0 Å². The van der Waals surface area contributed by atoms with Crippen LogP contribution in [0.2, 0.25) is 0 Å². The average Bonchev–Trinajstić information content (AvgIpc) is 2.05. The van der Waals surface area contributed by atoms with Crippen LogP contribution in [0.3, 0.4) is 0 Å². The molecule has 0 saturated carbocycles. The van der Waals surface area contributed by atoms with Crippen LogP contribution in [0.25, 0.3) is 0 Å². The zero-order valence-corrected chi connectivity index (χ0v) is 11.1. The number of aliphatic hydroxyl groups excluding tert-OH is 2. The minimum atomic E-state index is -1.16. The second-order valence-corrected chi connectivity index (χ2v) is 1.65. The van der Waals surface area contributed by atoms with E-state index in [1.54, 1.807) is 19.1 Å². The van der Waals surface area contributed by atoms with Gasteiger partial charge in [-0.3, -0.25) is 0 Å². The van der Waals surface area contributed by atoms with Crippen LogP contribution in [0.1, 0.15) is 6.92 Å². The first-order chi connectivity index (χ1) is 5.68. The number of carbonyl (C=O) groups excluding carboxylic acids is 1. The molecule has 0 radical (unpaired) electrons. The summed E-state index contributed by atoms with van der Waals surface area (Å²) in [7, 11) is 0. The van der Waals surface area contributed by atoms with E-state index < -0.39 is 5.97 Å². The van der Waals surface area contributed by atoms with Gasteiger partial charge in [-0.2, -0.15) is 0 Å². The number of carboxylic acids is 1. The maximum Gasteiger partial charge on any atom is 1.00 e. The van der Waals surface area contributed by atoms with Crippen LogP contribution in [0.15, 0.2) is 24.3 Å². The van der Waals surface area contributed by atoms with Gasteiger partial charge in [-0.15, -0.1) is 0 Å². The van der Waals surface area contributed by atoms with E-state index in [2.05, 4.69) is 0 Å². The molecule has 0 heterocycles. The van der Waals surface area contributed by atoms with Crippen LogP contribution in [0.4, 0.5) is 0 Å². The second kappa shape index (κ2) is 18.3. The van der Waals surface area contributed by atoms with Gasteiger partial charge in [0, 0.05) is 0 Å². The van der Waals surface area contributed by atoms with Crippen molar-refractivity contribution in [2.45, 2.75) is 6.92 Å². The molecular formula is C8H13KO4. The molecule has 0 fully saturated rings. The average molecular weight is 212 g/mol. The number of hydrogen-bond acceptors (Lipinski definition) is 4. The molecule has 2 N–H and O–H groups in total. The van der Waals surface area contributed by atoms with Crippen LogP contribution in [-0.4, -0.2) is 29.4 Å². The number of aliphatic hydroxyl groups is 2. The van der Waals surface area contributed by atoms with Crippen LogP contribution in [-0.2, 0) is 4.79 Å². The first kappa shape index (κ1) is 19.1. The summed E-state index contributed by atoms with van der Waals surface area (Å²) in [5, 5.41) is 24.9. The Labute approximate surface area is 120 Å². The number of aliphatic carboxylic acids is 1. The van der Waals surface area contributed by atoms with E-state index in [0.717, 1.165) is 6.08 Å². The van der Waals surface area contributed by atoms with Crippen LogP contribution < -0.4 is 56.5 Å². The Balaban J connectivity index is -0.000000173. The number of allylic oxidation sites excluding steroid dienone is 3. The van der Waals surface area contributed by atoms with Gasteiger partial charge in [0.2, 0.25) is 0 Å². The monoisotopic (exact) mass is 212 g/mol. The zero-order valence-electron chi connectivity index (χ0n) is 7.93. The van der Waals surface area contributed by atoms with Crippen LogP contribution in [0, 0.1) is 0 Å². The van der Waals surface area contributed by atoms with Gasteiger partial charge in [-0.25, -0.2) is 0 Å². The third-order valence-corrected chi connectivity index (χ3v) is 0.636. The quantitative estimate of drug-likeness (QED) is 0.283. The molecular weight excluding hydrogens is 199 g/mol. The predicted octanol–water partition coefficient (Wildman–Crippen LogP) is -4.16. The first-order valence-corrected chi connectivity index (χ1v) is 3.41. The second-order valence-electron chi connectivity index (χ2n) is 1.65. The molecule has 13 heavy (non-hydrogen) atoms. The molecule has 0 amide bonds. The molecule has 4 nitrogen and oxygen atoms in total. The summed E-state index contributed by atoms with van der Waals surface area (Å²) in [6, 6.07) is 0. The summed E-state index contributed by atoms with van der Waals surface area (Å²) in [6.45, 7) is 1.56. The van der Waals surface area contributed by atoms with Gasteiger partial charge in [0.15, 0.2) is 0 Å². The van der Waals surface area contributed by atoms with Gasteiger partial charge < -0.3 is 20.1 Å². The fourth-order valence-corrected chi connectivity index (χ4v) is 0.245. The summed E-state index contributed by atoms with van der Waals surface area (Å²) < 4.78 is 0. The Bertz CT molecular complexity index is 152. The summed E-state index contributed by atoms with van der Waals surface area (Å²) in [5.74, 6) is -1.16. The van der Waals surface area contributed by atoms with Crippen molar-refractivity contribution in [3.63, 3.8) is 0 Å². The van der Waals surface area contributed by atoms with E-state index in [9.17, 15) is 9.90 Å². The molecule has 0 saturated heterocycles. The van der Waals surface area contributed by atoms with E-state index >= 15 is 0 Å². The van der Waals surface area contributed by atoms with Gasteiger partial charge in [0.1, 0.15) is 0 Å². The first-order valence-electron chi connectivity index (χ1n) is 3.41. The number of carboxylic acid groups (broad SMARTS) is 1. The van der Waals surface area contributed by atoms with Crippen LogP contribution in [0.5, 0.6) is 0 Å². The van der Waals surface area contributed by atoms with Gasteiger partial charge in [-0.1, -0.05) is 18.2 Å². The normalized spacial score (nSPS) is 9.15. The van der Waals surface area contributed by atoms with Crippen molar-refractivity contribution in [1.29, 1.82) is 0 Å². The molecule has 0 atom stereocenters. The molecule has 0 aromatic rings. The molecule has 0 aliphatic rings. The Kier molecular flexibility index (Phi) is 27.0. The molecule has 0 bridgehead atoms. The van der Waals surface area contributed by atoms with Gasteiger partial charge in [0.05, 0.1) is 19.2 Å². The number of rotatable bonds is 3. The minimum Gasteiger partial charge on any atom is -0.545 e. The molecule has 0 aromatic heterocycles. The van der Waals surface area contributed by atoms with E-state index in [1.807, 2.05) is 0 Å². The Morgan fingerprint density at radius 1 is 1.31 bits per heavy atom. The van der Waals surface area contributed by atoms with Crippen molar-refractivity contribution in [1.82, 2.24) is 0 Å². The maximum atomic E-state index is 9.64. The van der Waals surface area contributed by atoms with Crippen molar-refractivity contribution in [2.75, 3.05) is 13.2 Å². The largest absolute Gasteiger partial charge is 1.00 e. The topological polar surface area (TPSA) is 80.6 Å². The molecule has 0 spiro atoms. The molecule has 0 aromatic carbocycles. The fourth-order valence-electron chi connectivity index (χ4n) is 0.245. The third kappa shape index (κ3) is 32.6. The molecule has 70 valence electrons. The van der Waals surface area contributed by atoms with E-state index in [-0.39, 0.29) is 64.6 Å². The third-order valence-electron chi connectivity index (χ3n) is 0.636. The Morgan fingerprint density at radius 2 is 1.77 bits per heavy atom. The van der Waals surface area contributed by atoms with Crippen molar-refractivity contribution in [3.8, 4) is 0 Å².